The number of hydrogen-bond donors (Lipinski definition) is 2. The van der Waals surface area contributed by atoms with Crippen molar-refractivity contribution < 1.29 is 27.5 Å². The van der Waals surface area contributed by atoms with Crippen molar-refractivity contribution in [3.8, 4) is 11.5 Å². The zero-order valence-electron chi connectivity index (χ0n) is 18.1. The highest BCUT2D eigenvalue weighted by atomic mass is 32.2. The van der Waals surface area contributed by atoms with Crippen molar-refractivity contribution in [2.45, 2.75) is 25.2 Å². The van der Waals surface area contributed by atoms with E-state index in [1.165, 1.54) is 36.4 Å². The van der Waals surface area contributed by atoms with Crippen LogP contribution in [0.25, 0.3) is 0 Å². The van der Waals surface area contributed by atoms with Gasteiger partial charge in [0, 0.05) is 36.8 Å². The monoisotopic (exact) mass is 461 g/mol. The third-order valence-corrected chi connectivity index (χ3v) is 6.32. The van der Waals surface area contributed by atoms with E-state index in [0.29, 0.717) is 49.1 Å². The maximum atomic E-state index is 12.8. The van der Waals surface area contributed by atoms with Crippen LogP contribution < -0.4 is 19.5 Å². The molecule has 9 nitrogen and oxygen atoms in total. The molecule has 0 aliphatic carbocycles. The van der Waals surface area contributed by atoms with E-state index in [1.54, 1.807) is 11.0 Å². The Morgan fingerprint density at radius 2 is 1.62 bits per heavy atom. The van der Waals surface area contributed by atoms with Gasteiger partial charge in [-0.25, -0.2) is 8.42 Å². The smallest absolute Gasteiger partial charge is 0.262 e. The Hall–Kier alpha value is -3.27. The first-order valence-corrected chi connectivity index (χ1v) is 11.9. The standard InChI is InChI=1S/C22H27N3O6S/c1-3-25(4-2)21(26)15-23-22(27)16-6-8-17(9-7-16)24-32(28,29)18-10-11-19-20(14-18)31-13-5-12-30-19/h6-11,14,24H,3-5,12-13,15H2,1-2H3,(H,23,27). The van der Waals surface area contributed by atoms with Crippen molar-refractivity contribution in [1.29, 1.82) is 0 Å². The number of rotatable bonds is 8. The Labute approximate surface area is 187 Å². The second kappa shape index (κ2) is 10.4. The molecule has 0 radical (unpaired) electrons. The molecule has 2 N–H and O–H groups in total. The highest BCUT2D eigenvalue weighted by molar-refractivity contribution is 7.92. The fraction of sp³-hybridized carbons (Fsp3) is 0.364. The van der Waals surface area contributed by atoms with Gasteiger partial charge in [-0.05, 0) is 50.2 Å². The minimum atomic E-state index is -3.86. The number of amides is 2. The van der Waals surface area contributed by atoms with E-state index in [4.69, 9.17) is 9.47 Å². The molecule has 1 heterocycles. The molecule has 0 atom stereocenters. The summed E-state index contributed by atoms with van der Waals surface area (Å²) >= 11 is 0. The van der Waals surface area contributed by atoms with Crippen LogP contribution in [0.1, 0.15) is 30.6 Å². The van der Waals surface area contributed by atoms with Crippen LogP contribution in [0.5, 0.6) is 11.5 Å². The lowest BCUT2D eigenvalue weighted by atomic mass is 10.2. The number of sulfonamides is 1. The van der Waals surface area contributed by atoms with Crippen molar-refractivity contribution >= 4 is 27.5 Å². The third kappa shape index (κ3) is 5.70. The highest BCUT2D eigenvalue weighted by Crippen LogP contribution is 2.32. The molecule has 0 fully saturated rings. The lowest BCUT2D eigenvalue weighted by molar-refractivity contribution is -0.129. The summed E-state index contributed by atoms with van der Waals surface area (Å²) in [6.45, 7) is 5.76. The molecule has 0 unspecified atom stereocenters. The van der Waals surface area contributed by atoms with E-state index in [1.807, 2.05) is 13.8 Å². The molecule has 0 bridgehead atoms. The lowest BCUT2D eigenvalue weighted by Crippen LogP contribution is -2.39. The van der Waals surface area contributed by atoms with Crippen molar-refractivity contribution in [3.05, 3.63) is 48.0 Å². The van der Waals surface area contributed by atoms with Gasteiger partial charge in [-0.15, -0.1) is 0 Å². The van der Waals surface area contributed by atoms with Gasteiger partial charge in [0.2, 0.25) is 5.91 Å². The molecular weight excluding hydrogens is 434 g/mol. The number of carbonyl (C=O) groups is 2. The van der Waals surface area contributed by atoms with E-state index >= 15 is 0 Å². The molecule has 32 heavy (non-hydrogen) atoms. The normalized spacial score (nSPS) is 13.1. The molecule has 1 aliphatic heterocycles. The van der Waals surface area contributed by atoms with E-state index in [-0.39, 0.29) is 17.3 Å². The Balaban J connectivity index is 1.64. The number of benzene rings is 2. The second-order valence-electron chi connectivity index (χ2n) is 7.09. The summed E-state index contributed by atoms with van der Waals surface area (Å²) in [6, 6.07) is 10.4. The summed E-state index contributed by atoms with van der Waals surface area (Å²) in [5.41, 5.74) is 0.615. The van der Waals surface area contributed by atoms with E-state index in [0.717, 1.165) is 6.42 Å². The van der Waals surface area contributed by atoms with Gasteiger partial charge in [-0.2, -0.15) is 0 Å². The summed E-state index contributed by atoms with van der Waals surface area (Å²) in [4.78, 5) is 26.0. The first-order valence-electron chi connectivity index (χ1n) is 10.4. The molecule has 0 spiro atoms. The number of ether oxygens (including phenoxy) is 2. The van der Waals surface area contributed by atoms with Gasteiger partial charge < -0.3 is 19.7 Å². The van der Waals surface area contributed by atoms with Gasteiger partial charge in [-0.3, -0.25) is 14.3 Å². The van der Waals surface area contributed by atoms with Crippen LogP contribution in [0.3, 0.4) is 0 Å². The molecule has 1 aliphatic rings. The number of nitrogens with zero attached hydrogens (tertiary/aromatic N) is 1. The van der Waals surface area contributed by atoms with Crippen molar-refractivity contribution in [2.75, 3.05) is 37.6 Å². The maximum Gasteiger partial charge on any atom is 0.262 e. The van der Waals surface area contributed by atoms with Crippen molar-refractivity contribution in [1.82, 2.24) is 10.2 Å². The molecule has 2 aromatic carbocycles. The number of carbonyl (C=O) groups excluding carboxylic acids is 2. The summed E-state index contributed by atoms with van der Waals surface area (Å²) < 4.78 is 39.1. The average Bonchev–Trinajstić information content (AvgIpc) is 3.03. The molecule has 10 heteroatoms. The maximum absolute atomic E-state index is 12.8. The van der Waals surface area contributed by atoms with Crippen LogP contribution in [0, 0.1) is 0 Å². The Bertz CT molecular complexity index is 1070. The van der Waals surface area contributed by atoms with Crippen LogP contribution in [-0.4, -0.2) is 58.0 Å². The predicted octanol–water partition coefficient (Wildman–Crippen LogP) is 2.25. The summed E-state index contributed by atoms with van der Waals surface area (Å²) in [5, 5.41) is 2.58. The topological polar surface area (TPSA) is 114 Å². The molecule has 172 valence electrons. The van der Waals surface area contributed by atoms with Crippen molar-refractivity contribution in [3.63, 3.8) is 0 Å². The Morgan fingerprint density at radius 1 is 0.969 bits per heavy atom. The summed E-state index contributed by atoms with van der Waals surface area (Å²) in [6.07, 6.45) is 0.721. The first kappa shape index (κ1) is 23.4. The average molecular weight is 462 g/mol. The quantitative estimate of drug-likeness (QED) is 0.623. The van der Waals surface area contributed by atoms with E-state index in [2.05, 4.69) is 10.0 Å². The van der Waals surface area contributed by atoms with Gasteiger partial charge in [0.25, 0.3) is 15.9 Å². The van der Waals surface area contributed by atoms with Gasteiger partial charge in [0.15, 0.2) is 11.5 Å². The zero-order valence-corrected chi connectivity index (χ0v) is 18.9. The molecular formula is C22H27N3O6S. The molecule has 0 saturated carbocycles. The zero-order chi connectivity index (χ0) is 23.1. The number of fused-ring (bicyclic) bond motifs is 1. The predicted molar refractivity (Wildman–Crippen MR) is 120 cm³/mol. The second-order valence-corrected chi connectivity index (χ2v) is 8.77. The summed E-state index contributed by atoms with van der Waals surface area (Å²) in [7, 11) is -3.86. The Morgan fingerprint density at radius 3 is 2.28 bits per heavy atom. The largest absolute Gasteiger partial charge is 0.490 e. The minimum absolute atomic E-state index is 0.0403. The molecule has 2 amide bonds. The number of anilines is 1. The van der Waals surface area contributed by atoms with Gasteiger partial charge in [0.05, 0.1) is 24.7 Å². The van der Waals surface area contributed by atoms with E-state index < -0.39 is 15.9 Å². The van der Waals surface area contributed by atoms with Crippen LogP contribution in [0.4, 0.5) is 5.69 Å². The minimum Gasteiger partial charge on any atom is -0.490 e. The third-order valence-electron chi connectivity index (χ3n) is 4.94. The molecule has 0 saturated heterocycles. The van der Waals surface area contributed by atoms with Crippen LogP contribution in [0.15, 0.2) is 47.4 Å². The fourth-order valence-corrected chi connectivity index (χ4v) is 4.23. The van der Waals surface area contributed by atoms with Gasteiger partial charge >= 0.3 is 0 Å². The highest BCUT2D eigenvalue weighted by Gasteiger charge is 2.19. The molecule has 0 aromatic heterocycles. The van der Waals surface area contributed by atoms with Crippen LogP contribution in [-0.2, 0) is 14.8 Å². The summed E-state index contributed by atoms with van der Waals surface area (Å²) in [5.74, 6) is 0.318. The Kier molecular flexibility index (Phi) is 7.57. The van der Waals surface area contributed by atoms with Crippen LogP contribution >= 0.6 is 0 Å². The number of hydrogen-bond acceptors (Lipinski definition) is 6. The van der Waals surface area contributed by atoms with Gasteiger partial charge in [0.1, 0.15) is 0 Å². The lowest BCUT2D eigenvalue weighted by Gasteiger charge is -2.18. The van der Waals surface area contributed by atoms with Crippen molar-refractivity contribution in [2.24, 2.45) is 0 Å². The van der Waals surface area contributed by atoms with E-state index in [9.17, 15) is 18.0 Å². The molecule has 3 rings (SSSR count). The SMILES string of the molecule is CCN(CC)C(=O)CNC(=O)c1ccc(NS(=O)(=O)c2ccc3c(c2)OCCCO3)cc1. The van der Waals surface area contributed by atoms with Gasteiger partial charge in [-0.1, -0.05) is 0 Å². The first-order chi connectivity index (χ1) is 15.3. The fourth-order valence-electron chi connectivity index (χ4n) is 3.16. The molecule has 2 aromatic rings. The van der Waals surface area contributed by atoms with Crippen LogP contribution in [0.2, 0.25) is 0 Å². The number of nitrogens with one attached hydrogen (secondary N) is 2. The number of likely N-dealkylation sites (N-methyl/N-ethyl adjacent to an activating group) is 1.